The molecule has 5 heteroatoms. The lowest BCUT2D eigenvalue weighted by atomic mass is 10.1. The Balaban J connectivity index is 1.80. The second-order valence-electron chi connectivity index (χ2n) is 4.58. The van der Waals surface area contributed by atoms with E-state index in [0.29, 0.717) is 11.2 Å². The van der Waals surface area contributed by atoms with Crippen LogP contribution in [0.5, 0.6) is 0 Å². The Hall–Kier alpha value is -1.23. The molecule has 0 saturated heterocycles. The first-order valence-electron chi connectivity index (χ1n) is 5.98. The minimum atomic E-state index is 0.631. The van der Waals surface area contributed by atoms with Crippen molar-refractivity contribution in [3.05, 3.63) is 12.1 Å². The normalized spacial score (nSPS) is 16.9. The number of nitrogens with two attached hydrogens (primary N) is 1. The van der Waals surface area contributed by atoms with Crippen molar-refractivity contribution in [1.82, 2.24) is 10.3 Å². The Morgan fingerprint density at radius 3 is 2.82 bits per heavy atom. The van der Waals surface area contributed by atoms with Crippen LogP contribution in [0.3, 0.4) is 0 Å². The number of fused-ring (bicyclic) bond motifs is 1. The Bertz CT molecular complexity index is 519. The molecule has 1 aromatic heterocycles. The van der Waals surface area contributed by atoms with E-state index in [4.69, 9.17) is 10.4 Å². The molecule has 17 heavy (non-hydrogen) atoms. The maximum Gasteiger partial charge on any atom is 0.159 e. The number of thioether (sulfide) groups is 1. The summed E-state index contributed by atoms with van der Waals surface area (Å²) in [5.74, 6) is 2.01. The highest BCUT2D eigenvalue weighted by Crippen LogP contribution is 2.34. The first kappa shape index (κ1) is 10.9. The molecule has 1 aliphatic carbocycles. The molecule has 1 saturated carbocycles. The average molecular weight is 249 g/mol. The molecule has 2 N–H and O–H groups in total. The topological polar surface area (TPSA) is 64.9 Å². The Morgan fingerprint density at radius 1 is 1.24 bits per heavy atom. The van der Waals surface area contributed by atoms with Gasteiger partial charge in [0.05, 0.1) is 5.69 Å². The van der Waals surface area contributed by atoms with E-state index in [0.717, 1.165) is 22.1 Å². The summed E-state index contributed by atoms with van der Waals surface area (Å²) in [7, 11) is 0. The van der Waals surface area contributed by atoms with Gasteiger partial charge in [0.2, 0.25) is 0 Å². The van der Waals surface area contributed by atoms with Gasteiger partial charge in [-0.05, 0) is 41.2 Å². The van der Waals surface area contributed by atoms with Crippen molar-refractivity contribution < 1.29 is 4.63 Å². The molecular formula is C12H15N3OS. The molecule has 0 amide bonds. The number of anilines is 1. The van der Waals surface area contributed by atoms with Crippen LogP contribution in [0.4, 0.5) is 5.69 Å². The van der Waals surface area contributed by atoms with E-state index in [1.807, 2.05) is 23.9 Å². The number of nitrogens with zero attached hydrogens (tertiary/aromatic N) is 2. The van der Waals surface area contributed by atoms with Gasteiger partial charge >= 0.3 is 0 Å². The average Bonchev–Trinajstić information content (AvgIpc) is 2.99. The minimum Gasteiger partial charge on any atom is -0.397 e. The maximum absolute atomic E-state index is 5.82. The molecule has 0 bridgehead atoms. The molecule has 0 atom stereocenters. The number of rotatable bonds is 3. The van der Waals surface area contributed by atoms with Crippen molar-refractivity contribution in [2.24, 2.45) is 5.92 Å². The molecule has 0 radical (unpaired) electrons. The van der Waals surface area contributed by atoms with Gasteiger partial charge in [-0.2, -0.15) is 0 Å². The number of benzene rings is 1. The van der Waals surface area contributed by atoms with E-state index < -0.39 is 0 Å². The van der Waals surface area contributed by atoms with Crippen molar-refractivity contribution in [3.63, 3.8) is 0 Å². The van der Waals surface area contributed by atoms with Crippen molar-refractivity contribution in [3.8, 4) is 0 Å². The lowest BCUT2D eigenvalue weighted by Crippen LogP contribution is -1.96. The fraction of sp³-hybridized carbons (Fsp3) is 0.500. The zero-order chi connectivity index (χ0) is 11.7. The van der Waals surface area contributed by atoms with Gasteiger partial charge in [0.25, 0.3) is 0 Å². The lowest BCUT2D eigenvalue weighted by Gasteiger charge is -2.08. The summed E-state index contributed by atoms with van der Waals surface area (Å²) in [5, 5.41) is 7.77. The van der Waals surface area contributed by atoms with Crippen molar-refractivity contribution in [2.45, 2.75) is 30.6 Å². The van der Waals surface area contributed by atoms with Gasteiger partial charge in [0, 0.05) is 10.6 Å². The molecule has 4 nitrogen and oxygen atoms in total. The smallest absolute Gasteiger partial charge is 0.159 e. The zero-order valence-electron chi connectivity index (χ0n) is 9.56. The molecule has 0 unspecified atom stereocenters. The number of hydrogen-bond donors (Lipinski definition) is 1. The van der Waals surface area contributed by atoms with Gasteiger partial charge in [-0.3, -0.25) is 0 Å². The third kappa shape index (κ3) is 2.11. The van der Waals surface area contributed by atoms with E-state index in [-0.39, 0.29) is 0 Å². The van der Waals surface area contributed by atoms with Crippen LogP contribution in [0.1, 0.15) is 25.7 Å². The van der Waals surface area contributed by atoms with Gasteiger partial charge in [-0.15, -0.1) is 11.8 Å². The van der Waals surface area contributed by atoms with E-state index in [9.17, 15) is 0 Å². The summed E-state index contributed by atoms with van der Waals surface area (Å²) >= 11 is 1.84. The number of aromatic nitrogens is 2. The number of nitrogen functional groups attached to an aromatic ring is 1. The van der Waals surface area contributed by atoms with Gasteiger partial charge < -0.3 is 5.73 Å². The lowest BCUT2D eigenvalue weighted by molar-refractivity contribution is 0.315. The molecule has 1 heterocycles. The van der Waals surface area contributed by atoms with Crippen molar-refractivity contribution in [2.75, 3.05) is 11.5 Å². The summed E-state index contributed by atoms with van der Waals surface area (Å²) in [6.45, 7) is 0. The van der Waals surface area contributed by atoms with Gasteiger partial charge in [-0.25, -0.2) is 4.63 Å². The van der Waals surface area contributed by atoms with E-state index in [1.165, 1.54) is 25.7 Å². The number of hydrogen-bond acceptors (Lipinski definition) is 5. The van der Waals surface area contributed by atoms with Crippen molar-refractivity contribution in [1.29, 1.82) is 0 Å². The molecule has 1 aromatic carbocycles. The summed E-state index contributed by atoms with van der Waals surface area (Å²) < 4.78 is 4.76. The van der Waals surface area contributed by atoms with E-state index in [1.54, 1.807) is 0 Å². The highest BCUT2D eigenvalue weighted by Gasteiger charge is 2.17. The molecule has 90 valence electrons. The summed E-state index contributed by atoms with van der Waals surface area (Å²) in [4.78, 5) is 1.13. The van der Waals surface area contributed by atoms with Crippen LogP contribution in [0.2, 0.25) is 0 Å². The van der Waals surface area contributed by atoms with E-state index in [2.05, 4.69) is 10.3 Å². The molecule has 1 fully saturated rings. The fourth-order valence-corrected chi connectivity index (χ4v) is 3.55. The van der Waals surface area contributed by atoms with Crippen LogP contribution in [0.15, 0.2) is 21.7 Å². The molecule has 0 aliphatic heterocycles. The second-order valence-corrected chi connectivity index (χ2v) is 5.64. The molecule has 0 spiro atoms. The first-order valence-corrected chi connectivity index (χ1v) is 6.96. The summed E-state index contributed by atoms with van der Waals surface area (Å²) in [5.41, 5.74) is 7.93. The standard InChI is InChI=1S/C12H15N3OS/c13-9-5-6-10(12-11(9)14-16-15-12)17-7-8-3-1-2-4-8/h5-6,8H,1-4,7,13H2. The highest BCUT2D eigenvalue weighted by atomic mass is 32.2. The van der Waals surface area contributed by atoms with Crippen LogP contribution >= 0.6 is 11.8 Å². The summed E-state index contributed by atoms with van der Waals surface area (Å²) in [6, 6.07) is 3.89. The van der Waals surface area contributed by atoms with Crippen LogP contribution in [-0.4, -0.2) is 16.1 Å². The quantitative estimate of drug-likeness (QED) is 0.669. The van der Waals surface area contributed by atoms with Crippen LogP contribution < -0.4 is 5.73 Å². The van der Waals surface area contributed by atoms with Gasteiger partial charge in [0.1, 0.15) is 0 Å². The van der Waals surface area contributed by atoms with Crippen LogP contribution in [0, 0.1) is 5.92 Å². The SMILES string of the molecule is Nc1ccc(SCC2CCCC2)c2nonc12. The Kier molecular flexibility index (Phi) is 2.93. The second kappa shape index (κ2) is 4.56. The Labute approximate surface area is 104 Å². The third-order valence-corrected chi connectivity index (χ3v) is 4.64. The summed E-state index contributed by atoms with van der Waals surface area (Å²) in [6.07, 6.45) is 5.49. The highest BCUT2D eigenvalue weighted by molar-refractivity contribution is 7.99. The van der Waals surface area contributed by atoms with Crippen LogP contribution in [-0.2, 0) is 0 Å². The largest absolute Gasteiger partial charge is 0.397 e. The predicted molar refractivity (Wildman–Crippen MR) is 68.9 cm³/mol. The monoisotopic (exact) mass is 249 g/mol. The minimum absolute atomic E-state index is 0.631. The van der Waals surface area contributed by atoms with Gasteiger partial charge in [-0.1, -0.05) is 12.8 Å². The molecular weight excluding hydrogens is 234 g/mol. The van der Waals surface area contributed by atoms with Crippen LogP contribution in [0.25, 0.3) is 11.0 Å². The molecule has 1 aliphatic rings. The molecule has 3 rings (SSSR count). The van der Waals surface area contributed by atoms with Gasteiger partial charge in [0.15, 0.2) is 11.0 Å². The molecule has 2 aromatic rings. The third-order valence-electron chi connectivity index (χ3n) is 3.36. The predicted octanol–water partition coefficient (Wildman–Crippen LogP) is 3.09. The zero-order valence-corrected chi connectivity index (χ0v) is 10.4. The first-order chi connectivity index (χ1) is 8.34. The fourth-order valence-electron chi connectivity index (χ4n) is 2.36. The van der Waals surface area contributed by atoms with E-state index >= 15 is 0 Å². The maximum atomic E-state index is 5.82. The van der Waals surface area contributed by atoms with Crippen molar-refractivity contribution >= 4 is 28.5 Å². The Morgan fingerprint density at radius 2 is 2.00 bits per heavy atom.